The lowest BCUT2D eigenvalue weighted by Gasteiger charge is -2.04. The van der Waals surface area contributed by atoms with Gasteiger partial charge < -0.3 is 5.11 Å². The highest BCUT2D eigenvalue weighted by atomic mass is 32.2. The molecule has 0 bridgehead atoms. The second-order valence-electron chi connectivity index (χ2n) is 3.71. The summed E-state index contributed by atoms with van der Waals surface area (Å²) in [6.07, 6.45) is 1.38. The van der Waals surface area contributed by atoms with E-state index in [1.54, 1.807) is 6.07 Å². The zero-order valence-corrected chi connectivity index (χ0v) is 10.5. The van der Waals surface area contributed by atoms with Crippen molar-refractivity contribution in [2.75, 3.05) is 0 Å². The number of carboxylic acid groups (broad SMARTS) is 1. The first-order valence-electron chi connectivity index (χ1n) is 5.32. The van der Waals surface area contributed by atoms with E-state index >= 15 is 0 Å². The summed E-state index contributed by atoms with van der Waals surface area (Å²) in [5.74, 6) is -2.06. The fourth-order valence-electron chi connectivity index (χ4n) is 1.42. The molecule has 1 aromatic heterocycles. The van der Waals surface area contributed by atoms with Crippen LogP contribution in [0.3, 0.4) is 0 Å². The van der Waals surface area contributed by atoms with Crippen LogP contribution in [0, 0.1) is 11.6 Å². The minimum absolute atomic E-state index is 0.0652. The third-order valence-electron chi connectivity index (χ3n) is 2.36. The molecular weight excluding hydrogens is 272 g/mol. The van der Waals surface area contributed by atoms with Crippen LogP contribution in [0.5, 0.6) is 0 Å². The topological polar surface area (TPSA) is 50.2 Å². The third kappa shape index (κ3) is 3.51. The van der Waals surface area contributed by atoms with E-state index in [4.69, 9.17) is 5.11 Å². The van der Waals surface area contributed by atoms with Crippen molar-refractivity contribution in [2.24, 2.45) is 0 Å². The Labute approximate surface area is 112 Å². The van der Waals surface area contributed by atoms with E-state index in [2.05, 4.69) is 4.98 Å². The Bertz CT molecular complexity index is 619. The van der Waals surface area contributed by atoms with Gasteiger partial charge in [-0.05, 0) is 23.8 Å². The van der Waals surface area contributed by atoms with Crippen molar-refractivity contribution in [1.29, 1.82) is 0 Å². The molecule has 0 aliphatic carbocycles. The second kappa shape index (κ2) is 5.79. The predicted molar refractivity (Wildman–Crippen MR) is 67.1 cm³/mol. The van der Waals surface area contributed by atoms with Crippen molar-refractivity contribution in [3.05, 3.63) is 59.4 Å². The molecule has 3 nitrogen and oxygen atoms in total. The summed E-state index contributed by atoms with van der Waals surface area (Å²) < 4.78 is 26.1. The molecule has 2 rings (SSSR count). The molecular formula is C13H9F2NO2S. The van der Waals surface area contributed by atoms with Gasteiger partial charge in [-0.25, -0.2) is 18.6 Å². The molecule has 0 unspecified atom stereocenters. The summed E-state index contributed by atoms with van der Waals surface area (Å²) in [7, 11) is 0. The van der Waals surface area contributed by atoms with Gasteiger partial charge in [-0.3, -0.25) is 0 Å². The number of nitrogens with zero attached hydrogens (tertiary/aromatic N) is 1. The number of pyridine rings is 1. The Hall–Kier alpha value is -1.95. The van der Waals surface area contributed by atoms with Crippen LogP contribution < -0.4 is 0 Å². The zero-order valence-electron chi connectivity index (χ0n) is 9.64. The van der Waals surface area contributed by atoms with E-state index in [1.807, 2.05) is 0 Å². The fourth-order valence-corrected chi connectivity index (χ4v) is 2.33. The van der Waals surface area contributed by atoms with Gasteiger partial charge in [0.25, 0.3) is 0 Å². The standard InChI is InChI=1S/C13H9F2NO2S/c14-9-2-1-8(11(15)5-9)7-19-10-3-4-16-12(6-10)13(17)18/h1-6H,7H2,(H,17,18). The van der Waals surface area contributed by atoms with Crippen molar-refractivity contribution in [2.45, 2.75) is 10.6 Å². The first-order chi connectivity index (χ1) is 9.06. The van der Waals surface area contributed by atoms with Crippen LogP contribution in [0.15, 0.2) is 41.4 Å². The zero-order chi connectivity index (χ0) is 13.8. The number of hydrogen-bond acceptors (Lipinski definition) is 3. The molecule has 0 spiro atoms. The number of benzene rings is 1. The Morgan fingerprint density at radius 2 is 2.05 bits per heavy atom. The number of thioether (sulfide) groups is 1. The Balaban J connectivity index is 2.10. The van der Waals surface area contributed by atoms with Crippen LogP contribution in [-0.4, -0.2) is 16.1 Å². The quantitative estimate of drug-likeness (QED) is 0.873. The van der Waals surface area contributed by atoms with Crippen LogP contribution in [0.1, 0.15) is 16.1 Å². The summed E-state index contributed by atoms with van der Waals surface area (Å²) >= 11 is 1.26. The average Bonchev–Trinajstić information content (AvgIpc) is 2.38. The molecule has 2 aromatic rings. The number of aromatic carboxylic acids is 1. The van der Waals surface area contributed by atoms with Crippen LogP contribution in [0.4, 0.5) is 8.78 Å². The second-order valence-corrected chi connectivity index (χ2v) is 4.76. The van der Waals surface area contributed by atoms with E-state index in [0.717, 1.165) is 6.07 Å². The molecule has 1 heterocycles. The maximum atomic E-state index is 13.4. The van der Waals surface area contributed by atoms with Gasteiger partial charge in [0.2, 0.25) is 0 Å². The normalized spacial score (nSPS) is 10.4. The van der Waals surface area contributed by atoms with Crippen LogP contribution in [-0.2, 0) is 5.75 Å². The Morgan fingerprint density at radius 3 is 2.74 bits per heavy atom. The van der Waals surface area contributed by atoms with Gasteiger partial charge in [-0.1, -0.05) is 6.07 Å². The molecule has 0 aliphatic heterocycles. The van der Waals surface area contributed by atoms with E-state index in [1.165, 1.54) is 36.2 Å². The highest BCUT2D eigenvalue weighted by Gasteiger charge is 2.07. The van der Waals surface area contributed by atoms with Gasteiger partial charge in [0.05, 0.1) is 0 Å². The fraction of sp³-hybridized carbons (Fsp3) is 0.0769. The first-order valence-corrected chi connectivity index (χ1v) is 6.31. The number of hydrogen-bond donors (Lipinski definition) is 1. The molecule has 0 amide bonds. The highest BCUT2D eigenvalue weighted by Crippen LogP contribution is 2.24. The summed E-state index contributed by atoms with van der Waals surface area (Å²) in [4.78, 5) is 15.1. The minimum atomic E-state index is -1.12. The number of aromatic nitrogens is 1. The monoisotopic (exact) mass is 281 g/mol. The lowest BCUT2D eigenvalue weighted by molar-refractivity contribution is 0.0690. The van der Waals surface area contributed by atoms with E-state index in [9.17, 15) is 13.6 Å². The van der Waals surface area contributed by atoms with Crippen LogP contribution >= 0.6 is 11.8 Å². The number of carboxylic acids is 1. The molecule has 1 aromatic carbocycles. The smallest absolute Gasteiger partial charge is 0.354 e. The third-order valence-corrected chi connectivity index (χ3v) is 3.40. The molecule has 0 fully saturated rings. The van der Waals surface area contributed by atoms with Gasteiger partial charge in [-0.2, -0.15) is 0 Å². The maximum Gasteiger partial charge on any atom is 0.354 e. The lowest BCUT2D eigenvalue weighted by Crippen LogP contribution is -1.99. The Kier molecular flexibility index (Phi) is 4.11. The van der Waals surface area contributed by atoms with Crippen molar-refractivity contribution >= 4 is 17.7 Å². The van der Waals surface area contributed by atoms with Gasteiger partial charge in [0, 0.05) is 22.9 Å². The van der Waals surface area contributed by atoms with Crippen LogP contribution in [0.25, 0.3) is 0 Å². The predicted octanol–water partition coefficient (Wildman–Crippen LogP) is 3.35. The number of rotatable bonds is 4. The Morgan fingerprint density at radius 1 is 1.26 bits per heavy atom. The summed E-state index contributed by atoms with van der Waals surface area (Å²) in [5, 5.41) is 8.80. The molecule has 0 saturated heterocycles. The van der Waals surface area contributed by atoms with E-state index < -0.39 is 17.6 Å². The van der Waals surface area contributed by atoms with Gasteiger partial charge in [0.1, 0.15) is 17.3 Å². The lowest BCUT2D eigenvalue weighted by atomic mass is 10.2. The molecule has 98 valence electrons. The van der Waals surface area contributed by atoms with Crippen molar-refractivity contribution < 1.29 is 18.7 Å². The van der Waals surface area contributed by atoms with Crippen LogP contribution in [0.2, 0.25) is 0 Å². The van der Waals surface area contributed by atoms with Gasteiger partial charge in [0.15, 0.2) is 0 Å². The van der Waals surface area contributed by atoms with Gasteiger partial charge >= 0.3 is 5.97 Å². The molecule has 0 saturated carbocycles. The highest BCUT2D eigenvalue weighted by molar-refractivity contribution is 7.98. The molecule has 0 radical (unpaired) electrons. The number of carbonyl (C=O) groups is 1. The summed E-state index contributed by atoms with van der Waals surface area (Å²) in [6.45, 7) is 0. The first kappa shape index (κ1) is 13.5. The molecule has 6 heteroatoms. The molecule has 19 heavy (non-hydrogen) atoms. The molecule has 0 atom stereocenters. The molecule has 0 aliphatic rings. The van der Waals surface area contributed by atoms with E-state index in [-0.39, 0.29) is 11.4 Å². The van der Waals surface area contributed by atoms with Crippen molar-refractivity contribution in [3.8, 4) is 0 Å². The minimum Gasteiger partial charge on any atom is -0.477 e. The SMILES string of the molecule is O=C(O)c1cc(SCc2ccc(F)cc2F)ccn1. The maximum absolute atomic E-state index is 13.4. The number of halogens is 2. The average molecular weight is 281 g/mol. The largest absolute Gasteiger partial charge is 0.477 e. The molecule has 1 N–H and O–H groups in total. The van der Waals surface area contributed by atoms with E-state index in [0.29, 0.717) is 10.5 Å². The summed E-state index contributed by atoms with van der Waals surface area (Å²) in [6, 6.07) is 6.43. The van der Waals surface area contributed by atoms with Gasteiger partial charge in [-0.15, -0.1) is 11.8 Å². The van der Waals surface area contributed by atoms with Crippen molar-refractivity contribution in [3.63, 3.8) is 0 Å². The van der Waals surface area contributed by atoms with Crippen molar-refractivity contribution in [1.82, 2.24) is 4.98 Å². The summed E-state index contributed by atoms with van der Waals surface area (Å²) in [5.41, 5.74) is 0.296.